The van der Waals surface area contributed by atoms with Crippen molar-refractivity contribution in [3.63, 3.8) is 0 Å². The van der Waals surface area contributed by atoms with Gasteiger partial charge in [-0.05, 0) is 57.3 Å². The molecule has 2 nitrogen and oxygen atoms in total. The summed E-state index contributed by atoms with van der Waals surface area (Å²) in [5, 5.41) is 2.14. The highest BCUT2D eigenvalue weighted by atomic mass is 16.5. The summed E-state index contributed by atoms with van der Waals surface area (Å²) in [7, 11) is 0. The molecule has 136 valence electrons. The van der Waals surface area contributed by atoms with Crippen molar-refractivity contribution in [2.75, 3.05) is 0 Å². The lowest BCUT2D eigenvalue weighted by Gasteiger charge is -2.21. The molecule has 0 saturated heterocycles. The molecule has 0 aromatic heterocycles. The lowest BCUT2D eigenvalue weighted by Crippen LogP contribution is -2.15. The van der Waals surface area contributed by atoms with Gasteiger partial charge in [0, 0.05) is 5.41 Å². The van der Waals surface area contributed by atoms with E-state index in [-0.39, 0.29) is 11.4 Å². The standard InChI is InChI=1S/C26H20O2/c1-26(2)23-10-6-5-9-21(23)22-14-13-20(16-24(22)26)28-25(27)19-12-11-17-7-3-4-8-18(17)15-19/h3-16H,1-2H3. The maximum Gasteiger partial charge on any atom is 0.343 e. The fourth-order valence-corrected chi connectivity index (χ4v) is 4.23. The molecule has 2 heteroatoms. The van der Waals surface area contributed by atoms with Gasteiger partial charge in [-0.3, -0.25) is 0 Å². The summed E-state index contributed by atoms with van der Waals surface area (Å²) >= 11 is 0. The van der Waals surface area contributed by atoms with Crippen LogP contribution < -0.4 is 4.74 Å². The summed E-state index contributed by atoms with van der Waals surface area (Å²) in [4.78, 5) is 12.7. The fraction of sp³-hybridized carbons (Fsp3) is 0.115. The van der Waals surface area contributed by atoms with Crippen LogP contribution in [-0.4, -0.2) is 5.97 Å². The molecule has 0 unspecified atom stereocenters. The lowest BCUT2D eigenvalue weighted by atomic mass is 9.82. The van der Waals surface area contributed by atoms with Crippen molar-refractivity contribution in [2.24, 2.45) is 0 Å². The van der Waals surface area contributed by atoms with Crippen molar-refractivity contribution in [2.45, 2.75) is 19.3 Å². The first-order valence-corrected chi connectivity index (χ1v) is 9.49. The molecule has 0 bridgehead atoms. The number of carbonyl (C=O) groups is 1. The van der Waals surface area contributed by atoms with Gasteiger partial charge >= 0.3 is 5.97 Å². The molecule has 28 heavy (non-hydrogen) atoms. The maximum atomic E-state index is 12.7. The minimum atomic E-state index is -0.334. The maximum absolute atomic E-state index is 12.7. The second-order valence-corrected chi connectivity index (χ2v) is 7.83. The molecule has 0 atom stereocenters. The van der Waals surface area contributed by atoms with E-state index in [4.69, 9.17) is 4.74 Å². The van der Waals surface area contributed by atoms with E-state index in [1.165, 1.54) is 22.3 Å². The van der Waals surface area contributed by atoms with Crippen LogP contribution >= 0.6 is 0 Å². The first-order chi connectivity index (χ1) is 13.5. The normalized spacial score (nSPS) is 13.8. The Bertz CT molecular complexity index is 1230. The van der Waals surface area contributed by atoms with E-state index >= 15 is 0 Å². The summed E-state index contributed by atoms with van der Waals surface area (Å²) in [6.07, 6.45) is 0. The van der Waals surface area contributed by atoms with E-state index < -0.39 is 0 Å². The van der Waals surface area contributed by atoms with E-state index in [1.54, 1.807) is 0 Å². The third-order valence-electron chi connectivity index (χ3n) is 5.75. The molecule has 4 aromatic carbocycles. The second kappa shape index (κ2) is 6.07. The quantitative estimate of drug-likeness (QED) is 0.305. The van der Waals surface area contributed by atoms with Gasteiger partial charge in [-0.2, -0.15) is 0 Å². The van der Waals surface area contributed by atoms with Crippen LogP contribution in [0.3, 0.4) is 0 Å². The van der Waals surface area contributed by atoms with Crippen molar-refractivity contribution < 1.29 is 9.53 Å². The van der Waals surface area contributed by atoms with Crippen LogP contribution in [0.1, 0.15) is 35.3 Å². The van der Waals surface area contributed by atoms with Gasteiger partial charge in [0.25, 0.3) is 0 Å². The van der Waals surface area contributed by atoms with Gasteiger partial charge < -0.3 is 4.74 Å². The third-order valence-corrected chi connectivity index (χ3v) is 5.75. The van der Waals surface area contributed by atoms with Gasteiger partial charge in [0.15, 0.2) is 0 Å². The van der Waals surface area contributed by atoms with Crippen molar-refractivity contribution in [1.82, 2.24) is 0 Å². The van der Waals surface area contributed by atoms with Crippen molar-refractivity contribution in [1.29, 1.82) is 0 Å². The second-order valence-electron chi connectivity index (χ2n) is 7.83. The third kappa shape index (κ3) is 2.53. The van der Waals surface area contributed by atoms with E-state index in [9.17, 15) is 4.79 Å². The van der Waals surface area contributed by atoms with E-state index in [2.05, 4.69) is 44.2 Å². The van der Waals surface area contributed by atoms with Crippen molar-refractivity contribution >= 4 is 16.7 Å². The molecule has 0 fully saturated rings. The van der Waals surface area contributed by atoms with Gasteiger partial charge in [-0.15, -0.1) is 0 Å². The molecular formula is C26H20O2. The molecular weight excluding hydrogens is 344 g/mol. The molecule has 0 aliphatic heterocycles. The first-order valence-electron chi connectivity index (χ1n) is 9.49. The van der Waals surface area contributed by atoms with Crippen LogP contribution in [0.25, 0.3) is 21.9 Å². The molecule has 1 aliphatic carbocycles. The SMILES string of the molecule is CC1(C)c2ccccc2-c2ccc(OC(=O)c3ccc4ccccc4c3)cc21. The van der Waals surface area contributed by atoms with Crippen LogP contribution in [0.5, 0.6) is 5.75 Å². The molecule has 0 heterocycles. The number of benzene rings is 4. The number of rotatable bonds is 2. The largest absolute Gasteiger partial charge is 0.423 e. The van der Waals surface area contributed by atoms with Gasteiger partial charge in [0.1, 0.15) is 5.75 Å². The summed E-state index contributed by atoms with van der Waals surface area (Å²) < 4.78 is 5.73. The Morgan fingerprint density at radius 1 is 0.714 bits per heavy atom. The predicted molar refractivity (Wildman–Crippen MR) is 113 cm³/mol. The predicted octanol–water partition coefficient (Wildman–Crippen LogP) is 6.37. The minimum absolute atomic E-state index is 0.114. The summed E-state index contributed by atoms with van der Waals surface area (Å²) in [5.74, 6) is 0.247. The minimum Gasteiger partial charge on any atom is -0.423 e. The number of hydrogen-bond acceptors (Lipinski definition) is 2. The Morgan fingerprint density at radius 2 is 1.43 bits per heavy atom. The molecule has 4 aromatic rings. The summed E-state index contributed by atoms with van der Waals surface area (Å²) in [5.41, 5.74) is 5.42. The molecule has 5 rings (SSSR count). The van der Waals surface area contributed by atoms with Gasteiger partial charge in [0.05, 0.1) is 5.56 Å². The Labute approximate surface area is 164 Å². The Hall–Kier alpha value is -3.39. The average Bonchev–Trinajstić information content (AvgIpc) is 2.95. The van der Waals surface area contributed by atoms with Crippen LogP contribution in [0, 0.1) is 0 Å². The molecule has 0 radical (unpaired) electrons. The number of esters is 1. The highest BCUT2D eigenvalue weighted by Gasteiger charge is 2.35. The average molecular weight is 364 g/mol. The highest BCUT2D eigenvalue weighted by Crippen LogP contribution is 2.49. The van der Waals surface area contributed by atoms with Gasteiger partial charge in [-0.1, -0.05) is 74.5 Å². The van der Waals surface area contributed by atoms with E-state index in [0.717, 1.165) is 10.8 Å². The molecule has 0 spiro atoms. The highest BCUT2D eigenvalue weighted by molar-refractivity contribution is 5.96. The van der Waals surface area contributed by atoms with Crippen LogP contribution in [-0.2, 0) is 5.41 Å². The summed E-state index contributed by atoms with van der Waals surface area (Å²) in [6, 6.07) is 28.1. The lowest BCUT2D eigenvalue weighted by molar-refractivity contribution is 0.0734. The zero-order valence-corrected chi connectivity index (χ0v) is 15.9. The fourth-order valence-electron chi connectivity index (χ4n) is 4.23. The smallest absolute Gasteiger partial charge is 0.343 e. The zero-order valence-electron chi connectivity index (χ0n) is 15.9. The van der Waals surface area contributed by atoms with E-state index in [0.29, 0.717) is 11.3 Å². The zero-order chi connectivity index (χ0) is 19.3. The molecule has 0 N–H and O–H groups in total. The molecule has 1 aliphatic rings. The Morgan fingerprint density at radius 3 is 2.29 bits per heavy atom. The first kappa shape index (κ1) is 16.8. The van der Waals surface area contributed by atoms with Crippen LogP contribution in [0.2, 0.25) is 0 Å². The monoisotopic (exact) mass is 364 g/mol. The van der Waals surface area contributed by atoms with Gasteiger partial charge in [-0.25, -0.2) is 4.79 Å². The van der Waals surface area contributed by atoms with Crippen LogP contribution in [0.15, 0.2) is 84.9 Å². The van der Waals surface area contributed by atoms with Crippen molar-refractivity contribution in [3.05, 3.63) is 102 Å². The van der Waals surface area contributed by atoms with Crippen molar-refractivity contribution in [3.8, 4) is 16.9 Å². The molecule has 0 amide bonds. The number of fused-ring (bicyclic) bond motifs is 4. The topological polar surface area (TPSA) is 26.3 Å². The Kier molecular flexibility index (Phi) is 3.63. The number of carbonyl (C=O) groups excluding carboxylic acids is 1. The Balaban J connectivity index is 1.48. The number of hydrogen-bond donors (Lipinski definition) is 0. The molecule has 0 saturated carbocycles. The number of ether oxygens (including phenoxy) is 1. The summed E-state index contributed by atoms with van der Waals surface area (Å²) in [6.45, 7) is 4.43. The van der Waals surface area contributed by atoms with Crippen LogP contribution in [0.4, 0.5) is 0 Å². The van der Waals surface area contributed by atoms with E-state index in [1.807, 2.05) is 54.6 Å². The van der Waals surface area contributed by atoms with Gasteiger partial charge in [0.2, 0.25) is 0 Å².